The maximum absolute atomic E-state index is 11.8. The van der Waals surface area contributed by atoms with E-state index < -0.39 is 12.8 Å². The van der Waals surface area contributed by atoms with Gasteiger partial charge in [-0.3, -0.25) is 9.52 Å². The Bertz CT molecular complexity index is 386. The van der Waals surface area contributed by atoms with E-state index in [1.54, 1.807) is 6.07 Å². The number of halogens is 3. The third kappa shape index (κ3) is 4.83. The maximum Gasteiger partial charge on any atom is 0.413 e. The van der Waals surface area contributed by atoms with Gasteiger partial charge in [-0.05, 0) is 18.9 Å². The van der Waals surface area contributed by atoms with Crippen LogP contribution in [0.25, 0.3) is 0 Å². The van der Waals surface area contributed by atoms with Gasteiger partial charge < -0.3 is 0 Å². The van der Waals surface area contributed by atoms with Gasteiger partial charge >= 0.3 is 6.18 Å². The average Bonchev–Trinajstić information content (AvgIpc) is 2.83. The molecule has 7 heteroatoms. The van der Waals surface area contributed by atoms with Gasteiger partial charge in [-0.2, -0.15) is 23.8 Å². The molecule has 0 amide bonds. The van der Waals surface area contributed by atoms with Crippen molar-refractivity contribution >= 4 is 0 Å². The summed E-state index contributed by atoms with van der Waals surface area (Å²) in [7, 11) is 0. The molecule has 1 N–H and O–H groups in total. The Morgan fingerprint density at radius 1 is 1.32 bits per heavy atom. The summed E-state index contributed by atoms with van der Waals surface area (Å²) >= 11 is 0. The summed E-state index contributed by atoms with van der Waals surface area (Å²) in [4.78, 5) is 4.33. The number of nitrogens with zero attached hydrogens (tertiary/aromatic N) is 2. The zero-order valence-corrected chi connectivity index (χ0v) is 10.6. The van der Waals surface area contributed by atoms with Gasteiger partial charge in [-0.1, -0.05) is 19.3 Å². The number of aromatic nitrogens is 2. The van der Waals surface area contributed by atoms with Crippen molar-refractivity contribution in [3.8, 4) is 0 Å². The molecule has 1 aliphatic carbocycles. The lowest BCUT2D eigenvalue weighted by atomic mass is 9.96. The molecule has 19 heavy (non-hydrogen) atoms. The first-order valence-electron chi connectivity index (χ1n) is 6.50. The highest BCUT2D eigenvalue weighted by Gasteiger charge is 2.27. The maximum atomic E-state index is 11.8. The van der Waals surface area contributed by atoms with Crippen molar-refractivity contribution in [2.24, 2.45) is 0 Å². The van der Waals surface area contributed by atoms with Crippen molar-refractivity contribution in [3.05, 3.63) is 18.0 Å². The SMILES string of the molecule is FC(F)(F)CONCc1ccn(C2CCCCC2)n1. The summed E-state index contributed by atoms with van der Waals surface area (Å²) < 4.78 is 37.4. The molecular weight excluding hydrogens is 259 g/mol. The molecule has 4 nitrogen and oxygen atoms in total. The molecule has 2 rings (SSSR count). The standard InChI is InChI=1S/C12H18F3N3O/c13-12(14,15)9-19-16-8-10-6-7-18(17-10)11-4-2-1-3-5-11/h6-7,11,16H,1-5,8-9H2. The first kappa shape index (κ1) is 14.3. The molecule has 0 bridgehead atoms. The number of alkyl halides is 3. The quantitative estimate of drug-likeness (QED) is 0.664. The monoisotopic (exact) mass is 277 g/mol. The minimum Gasteiger partial charge on any atom is -0.292 e. The van der Waals surface area contributed by atoms with Crippen LogP contribution in [0.1, 0.15) is 43.8 Å². The zero-order valence-electron chi connectivity index (χ0n) is 10.6. The van der Waals surface area contributed by atoms with Crippen molar-refractivity contribution in [1.29, 1.82) is 0 Å². The topological polar surface area (TPSA) is 39.1 Å². The molecule has 0 unspecified atom stereocenters. The molecule has 1 aromatic heterocycles. The third-order valence-corrected chi connectivity index (χ3v) is 3.20. The van der Waals surface area contributed by atoms with Crippen LogP contribution in [0.5, 0.6) is 0 Å². The Labute approximate surface area is 109 Å². The lowest BCUT2D eigenvalue weighted by Gasteiger charge is -2.21. The summed E-state index contributed by atoms with van der Waals surface area (Å²) in [6.45, 7) is -1.12. The lowest BCUT2D eigenvalue weighted by molar-refractivity contribution is -0.190. The molecule has 1 aliphatic rings. The van der Waals surface area contributed by atoms with Crippen LogP contribution in [0, 0.1) is 0 Å². The fraction of sp³-hybridized carbons (Fsp3) is 0.750. The van der Waals surface area contributed by atoms with E-state index in [9.17, 15) is 13.2 Å². The average molecular weight is 277 g/mol. The van der Waals surface area contributed by atoms with Gasteiger partial charge in [-0.25, -0.2) is 0 Å². The highest BCUT2D eigenvalue weighted by Crippen LogP contribution is 2.27. The van der Waals surface area contributed by atoms with Crippen molar-refractivity contribution in [3.63, 3.8) is 0 Å². The predicted molar refractivity (Wildman–Crippen MR) is 63.2 cm³/mol. The van der Waals surface area contributed by atoms with Gasteiger partial charge in [0, 0.05) is 6.20 Å². The molecule has 1 aromatic rings. The highest BCUT2D eigenvalue weighted by atomic mass is 19.4. The predicted octanol–water partition coefficient (Wildman–Crippen LogP) is 2.97. The number of rotatable bonds is 5. The second-order valence-corrected chi connectivity index (χ2v) is 4.80. The molecule has 0 spiro atoms. The smallest absolute Gasteiger partial charge is 0.292 e. The summed E-state index contributed by atoms with van der Waals surface area (Å²) in [5.41, 5.74) is 2.97. The molecule has 0 aliphatic heterocycles. The second kappa shape index (κ2) is 6.38. The minimum absolute atomic E-state index is 0.176. The Morgan fingerprint density at radius 3 is 2.74 bits per heavy atom. The third-order valence-electron chi connectivity index (χ3n) is 3.20. The highest BCUT2D eigenvalue weighted by molar-refractivity contribution is 4.99. The Balaban J connectivity index is 1.74. The number of nitrogens with one attached hydrogen (secondary N) is 1. The van der Waals surface area contributed by atoms with E-state index in [0.717, 1.165) is 12.8 Å². The number of hydrogen-bond acceptors (Lipinski definition) is 3. The van der Waals surface area contributed by atoms with Crippen LogP contribution >= 0.6 is 0 Å². The molecular formula is C12H18F3N3O. The molecule has 108 valence electrons. The van der Waals surface area contributed by atoms with Crippen molar-refractivity contribution < 1.29 is 18.0 Å². The van der Waals surface area contributed by atoms with Crippen LogP contribution < -0.4 is 5.48 Å². The number of hydroxylamine groups is 1. The molecule has 1 saturated carbocycles. The summed E-state index contributed by atoms with van der Waals surface area (Å²) in [5.74, 6) is 0. The van der Waals surface area contributed by atoms with Gasteiger partial charge in [0.25, 0.3) is 0 Å². The number of hydrogen-bond donors (Lipinski definition) is 1. The Hall–Kier alpha value is -1.08. The van der Waals surface area contributed by atoms with E-state index in [0.29, 0.717) is 11.7 Å². The van der Waals surface area contributed by atoms with E-state index in [1.807, 2.05) is 10.9 Å². The van der Waals surface area contributed by atoms with Gasteiger partial charge in [0.15, 0.2) is 6.61 Å². The van der Waals surface area contributed by atoms with Crippen molar-refractivity contribution in [1.82, 2.24) is 15.3 Å². The molecule has 0 radical (unpaired) electrons. The molecule has 0 aromatic carbocycles. The van der Waals surface area contributed by atoms with E-state index >= 15 is 0 Å². The Kier molecular flexibility index (Phi) is 4.81. The van der Waals surface area contributed by atoms with Crippen LogP contribution in [0.3, 0.4) is 0 Å². The summed E-state index contributed by atoms with van der Waals surface area (Å²) in [5, 5.41) is 4.36. The molecule has 1 heterocycles. The van der Waals surface area contributed by atoms with Gasteiger partial charge in [0.2, 0.25) is 0 Å². The summed E-state index contributed by atoms with van der Waals surface area (Å²) in [6.07, 6.45) is 3.53. The van der Waals surface area contributed by atoms with Crippen LogP contribution in [0.2, 0.25) is 0 Å². The zero-order chi connectivity index (χ0) is 13.7. The molecule has 1 fully saturated rings. The van der Waals surface area contributed by atoms with E-state index in [1.165, 1.54) is 19.3 Å². The van der Waals surface area contributed by atoms with E-state index in [4.69, 9.17) is 0 Å². The van der Waals surface area contributed by atoms with Crippen molar-refractivity contribution in [2.75, 3.05) is 6.61 Å². The fourth-order valence-electron chi connectivity index (χ4n) is 2.28. The van der Waals surface area contributed by atoms with E-state index in [2.05, 4.69) is 15.4 Å². The molecule has 0 saturated heterocycles. The minimum atomic E-state index is -4.31. The van der Waals surface area contributed by atoms with Gasteiger partial charge in [0.05, 0.1) is 18.3 Å². The van der Waals surface area contributed by atoms with Crippen LogP contribution in [0.15, 0.2) is 12.3 Å². The lowest BCUT2D eigenvalue weighted by Crippen LogP contribution is -2.24. The normalized spacial score (nSPS) is 17.8. The van der Waals surface area contributed by atoms with E-state index in [-0.39, 0.29) is 6.54 Å². The van der Waals surface area contributed by atoms with Crippen LogP contribution in [0.4, 0.5) is 13.2 Å². The van der Waals surface area contributed by atoms with Crippen molar-refractivity contribution in [2.45, 2.75) is 50.9 Å². The van der Waals surface area contributed by atoms with Gasteiger partial charge in [0.1, 0.15) is 0 Å². The largest absolute Gasteiger partial charge is 0.413 e. The summed E-state index contributed by atoms with van der Waals surface area (Å²) in [6, 6.07) is 2.23. The van der Waals surface area contributed by atoms with Crippen LogP contribution in [-0.2, 0) is 11.4 Å². The van der Waals surface area contributed by atoms with Crippen LogP contribution in [-0.4, -0.2) is 22.6 Å². The van der Waals surface area contributed by atoms with Gasteiger partial charge in [-0.15, -0.1) is 0 Å². The fourth-order valence-corrected chi connectivity index (χ4v) is 2.28. The second-order valence-electron chi connectivity index (χ2n) is 4.80. The molecule has 0 atom stereocenters. The Morgan fingerprint density at radius 2 is 2.05 bits per heavy atom. The first-order chi connectivity index (χ1) is 9.04. The first-order valence-corrected chi connectivity index (χ1v) is 6.50.